The SMILES string of the molecule is Cc1ccc(C23CC(C)Sc4ccccc4N2C(=O)C3c2ccccc2)cc1. The van der Waals surface area contributed by atoms with Crippen LogP contribution < -0.4 is 4.90 Å². The number of β-lactam (4-membered cyclic amide) rings is 1. The molecule has 28 heavy (non-hydrogen) atoms. The molecule has 3 atom stereocenters. The van der Waals surface area contributed by atoms with Crippen molar-refractivity contribution >= 4 is 23.4 Å². The number of thioether (sulfide) groups is 1. The van der Waals surface area contributed by atoms with Crippen molar-refractivity contribution in [3.8, 4) is 0 Å². The second-order valence-corrected chi connectivity index (χ2v) is 9.39. The maximum atomic E-state index is 13.6. The molecule has 0 spiro atoms. The summed E-state index contributed by atoms with van der Waals surface area (Å²) in [6.07, 6.45) is 0.931. The molecule has 1 saturated heterocycles. The summed E-state index contributed by atoms with van der Waals surface area (Å²) in [5, 5.41) is 0.409. The molecule has 0 aliphatic carbocycles. The maximum absolute atomic E-state index is 13.6. The molecule has 3 aromatic rings. The Hall–Kier alpha value is -2.52. The van der Waals surface area contributed by atoms with E-state index in [-0.39, 0.29) is 17.4 Å². The van der Waals surface area contributed by atoms with Crippen LogP contribution in [0.15, 0.2) is 83.8 Å². The quantitative estimate of drug-likeness (QED) is 0.512. The van der Waals surface area contributed by atoms with Crippen LogP contribution in [0.25, 0.3) is 0 Å². The maximum Gasteiger partial charge on any atom is 0.238 e. The van der Waals surface area contributed by atoms with Gasteiger partial charge in [0, 0.05) is 10.1 Å². The molecule has 1 fully saturated rings. The van der Waals surface area contributed by atoms with Crippen LogP contribution in [-0.4, -0.2) is 11.2 Å². The highest BCUT2D eigenvalue weighted by Gasteiger charge is 2.63. The van der Waals surface area contributed by atoms with Crippen molar-refractivity contribution in [2.45, 2.75) is 41.9 Å². The molecule has 3 unspecified atom stereocenters. The summed E-state index contributed by atoms with van der Waals surface area (Å²) >= 11 is 1.88. The second-order valence-electron chi connectivity index (χ2n) is 7.91. The van der Waals surface area contributed by atoms with Crippen LogP contribution in [0.5, 0.6) is 0 Å². The number of anilines is 1. The fourth-order valence-electron chi connectivity index (χ4n) is 4.89. The number of rotatable bonds is 2. The molecular formula is C25H23NOS. The second kappa shape index (κ2) is 6.52. The molecule has 0 radical (unpaired) electrons. The Morgan fingerprint density at radius 3 is 2.36 bits per heavy atom. The molecule has 0 N–H and O–H groups in total. The number of aryl methyl sites for hydroxylation is 1. The molecular weight excluding hydrogens is 362 g/mol. The zero-order valence-corrected chi connectivity index (χ0v) is 16.9. The van der Waals surface area contributed by atoms with Gasteiger partial charge >= 0.3 is 0 Å². The summed E-state index contributed by atoms with van der Waals surface area (Å²) in [6.45, 7) is 4.40. The van der Waals surface area contributed by atoms with Crippen LogP contribution in [0.4, 0.5) is 5.69 Å². The largest absolute Gasteiger partial charge is 0.299 e. The van der Waals surface area contributed by atoms with Crippen molar-refractivity contribution in [1.29, 1.82) is 0 Å². The van der Waals surface area contributed by atoms with E-state index in [4.69, 9.17) is 0 Å². The number of carbonyl (C=O) groups excluding carboxylic acids is 1. The first kappa shape index (κ1) is 17.6. The van der Waals surface area contributed by atoms with Gasteiger partial charge < -0.3 is 0 Å². The first-order chi connectivity index (χ1) is 13.6. The minimum absolute atomic E-state index is 0.148. The summed E-state index contributed by atoms with van der Waals surface area (Å²) in [5.41, 5.74) is 4.29. The van der Waals surface area contributed by atoms with Gasteiger partial charge in [0.15, 0.2) is 0 Å². The van der Waals surface area contributed by atoms with Crippen LogP contribution in [0, 0.1) is 6.92 Å². The number of nitrogens with zero attached hydrogens (tertiary/aromatic N) is 1. The summed E-state index contributed by atoms with van der Waals surface area (Å²) in [4.78, 5) is 16.9. The van der Waals surface area contributed by atoms with Gasteiger partial charge in [-0.15, -0.1) is 11.8 Å². The van der Waals surface area contributed by atoms with E-state index in [1.807, 2.05) is 36.0 Å². The van der Waals surface area contributed by atoms with E-state index in [0.29, 0.717) is 5.25 Å². The van der Waals surface area contributed by atoms with Crippen LogP contribution in [0.1, 0.15) is 36.0 Å². The van der Waals surface area contributed by atoms with Crippen LogP contribution in [0.2, 0.25) is 0 Å². The van der Waals surface area contributed by atoms with Crippen molar-refractivity contribution < 1.29 is 4.79 Å². The minimum Gasteiger partial charge on any atom is -0.299 e. The normalized spacial score (nSPS) is 26.1. The Kier molecular flexibility index (Phi) is 4.09. The van der Waals surface area contributed by atoms with Gasteiger partial charge in [-0.1, -0.05) is 79.2 Å². The van der Waals surface area contributed by atoms with Gasteiger partial charge in [0.05, 0.1) is 17.1 Å². The number of carbonyl (C=O) groups is 1. The average Bonchev–Trinajstić information content (AvgIpc) is 2.81. The van der Waals surface area contributed by atoms with E-state index >= 15 is 0 Å². The first-order valence-electron chi connectivity index (χ1n) is 9.83. The number of para-hydroxylation sites is 1. The predicted octanol–water partition coefficient (Wildman–Crippen LogP) is 5.91. The zero-order valence-electron chi connectivity index (χ0n) is 16.1. The van der Waals surface area contributed by atoms with E-state index < -0.39 is 0 Å². The average molecular weight is 386 g/mol. The van der Waals surface area contributed by atoms with E-state index in [1.54, 1.807) is 0 Å². The van der Waals surface area contributed by atoms with Gasteiger partial charge in [0.2, 0.25) is 5.91 Å². The Balaban J connectivity index is 1.76. The number of benzene rings is 3. The van der Waals surface area contributed by atoms with Gasteiger partial charge in [0.25, 0.3) is 0 Å². The number of fused-ring (bicyclic) bond motifs is 3. The molecule has 3 aromatic carbocycles. The Labute approximate surface area is 170 Å². The minimum atomic E-state index is -0.342. The standard InChI is InChI=1S/C25H23NOS/c1-17-12-14-20(15-13-17)25-16-18(2)28-22-11-7-6-10-21(22)26(25)24(27)23(25)19-8-4-3-5-9-19/h3-15,18,23H,16H2,1-2H3. The summed E-state index contributed by atoms with van der Waals surface area (Å²) in [6, 6.07) is 27.4. The van der Waals surface area contributed by atoms with Crippen molar-refractivity contribution in [3.63, 3.8) is 0 Å². The highest BCUT2D eigenvalue weighted by molar-refractivity contribution is 8.00. The van der Waals surface area contributed by atoms with Gasteiger partial charge in [0.1, 0.15) is 0 Å². The molecule has 0 saturated carbocycles. The van der Waals surface area contributed by atoms with Gasteiger partial charge in [-0.25, -0.2) is 0 Å². The van der Waals surface area contributed by atoms with Crippen molar-refractivity contribution in [1.82, 2.24) is 0 Å². The van der Waals surface area contributed by atoms with Gasteiger partial charge in [-0.3, -0.25) is 9.69 Å². The van der Waals surface area contributed by atoms with Gasteiger partial charge in [-0.05, 0) is 36.6 Å². The summed E-state index contributed by atoms with van der Waals surface area (Å²) in [5.74, 6) is 0.0551. The van der Waals surface area contributed by atoms with Crippen molar-refractivity contribution in [3.05, 3.63) is 95.6 Å². The number of hydrogen-bond donors (Lipinski definition) is 0. The summed E-state index contributed by atoms with van der Waals surface area (Å²) in [7, 11) is 0. The summed E-state index contributed by atoms with van der Waals surface area (Å²) < 4.78 is 0. The zero-order chi connectivity index (χ0) is 19.3. The van der Waals surface area contributed by atoms with Crippen LogP contribution in [0.3, 0.4) is 0 Å². The number of hydrogen-bond acceptors (Lipinski definition) is 2. The van der Waals surface area contributed by atoms with Crippen LogP contribution >= 0.6 is 11.8 Å². The van der Waals surface area contributed by atoms with Crippen molar-refractivity contribution in [2.24, 2.45) is 0 Å². The Bertz CT molecular complexity index is 1030. The van der Waals surface area contributed by atoms with Crippen LogP contribution in [-0.2, 0) is 10.3 Å². The Morgan fingerprint density at radius 1 is 0.929 bits per heavy atom. The first-order valence-corrected chi connectivity index (χ1v) is 10.7. The third-order valence-corrected chi connectivity index (χ3v) is 7.23. The van der Waals surface area contributed by atoms with Gasteiger partial charge in [-0.2, -0.15) is 0 Å². The smallest absolute Gasteiger partial charge is 0.238 e. The fourth-order valence-corrected chi connectivity index (χ4v) is 6.10. The fraction of sp³-hybridized carbons (Fsp3) is 0.240. The topological polar surface area (TPSA) is 20.3 Å². The lowest BCUT2D eigenvalue weighted by molar-refractivity contribution is -0.131. The molecule has 2 heterocycles. The molecule has 0 aromatic heterocycles. The highest BCUT2D eigenvalue weighted by atomic mass is 32.2. The lowest BCUT2D eigenvalue weighted by Gasteiger charge is -2.58. The molecule has 2 aliphatic heterocycles. The lowest BCUT2D eigenvalue weighted by atomic mass is 9.63. The molecule has 2 nitrogen and oxygen atoms in total. The molecule has 3 heteroatoms. The molecule has 1 amide bonds. The molecule has 140 valence electrons. The Morgan fingerprint density at radius 2 is 1.61 bits per heavy atom. The predicted molar refractivity (Wildman–Crippen MR) is 116 cm³/mol. The monoisotopic (exact) mass is 385 g/mol. The molecule has 2 aliphatic rings. The molecule has 0 bridgehead atoms. The van der Waals surface area contributed by atoms with E-state index in [9.17, 15) is 4.79 Å². The van der Waals surface area contributed by atoms with E-state index in [1.165, 1.54) is 16.0 Å². The third-order valence-electron chi connectivity index (χ3n) is 6.06. The molecule has 5 rings (SSSR count). The van der Waals surface area contributed by atoms with Crippen molar-refractivity contribution in [2.75, 3.05) is 4.90 Å². The number of amides is 1. The highest BCUT2D eigenvalue weighted by Crippen LogP contribution is 2.60. The third kappa shape index (κ3) is 2.46. The van der Waals surface area contributed by atoms with E-state index in [2.05, 4.69) is 73.3 Å². The lowest BCUT2D eigenvalue weighted by Crippen LogP contribution is -2.68. The van der Waals surface area contributed by atoms with E-state index in [0.717, 1.165) is 17.7 Å².